The van der Waals surface area contributed by atoms with Gasteiger partial charge in [-0.25, -0.2) is 0 Å². The van der Waals surface area contributed by atoms with Gasteiger partial charge in [-0.15, -0.1) is 0 Å². The number of aromatic nitrogens is 2. The lowest BCUT2D eigenvalue weighted by Gasteiger charge is -2.05. The fourth-order valence-corrected chi connectivity index (χ4v) is 2.31. The van der Waals surface area contributed by atoms with Crippen LogP contribution in [0.4, 0.5) is 5.69 Å². The highest BCUT2D eigenvalue weighted by Crippen LogP contribution is 2.20. The van der Waals surface area contributed by atoms with Crippen molar-refractivity contribution >= 4 is 5.69 Å². The molecule has 100 valence electrons. The lowest BCUT2D eigenvalue weighted by Crippen LogP contribution is -2.06. The zero-order valence-corrected chi connectivity index (χ0v) is 10.7. The second kappa shape index (κ2) is 5.40. The molecular weight excluding hydrogens is 242 g/mol. The van der Waals surface area contributed by atoms with Gasteiger partial charge >= 0.3 is 0 Å². The molecule has 1 atom stereocenters. The van der Waals surface area contributed by atoms with E-state index in [1.807, 2.05) is 24.3 Å². The molecule has 1 saturated heterocycles. The van der Waals surface area contributed by atoms with Crippen LogP contribution in [0.25, 0.3) is 11.4 Å². The quantitative estimate of drug-likeness (QED) is 0.853. The number of hydrogen-bond donors (Lipinski definition) is 1. The zero-order valence-electron chi connectivity index (χ0n) is 10.7. The largest absolute Gasteiger partial charge is 0.399 e. The first-order valence-corrected chi connectivity index (χ1v) is 6.61. The maximum atomic E-state index is 5.74. The number of nitrogens with two attached hydrogens (primary N) is 1. The normalized spacial score (nSPS) is 18.8. The Balaban J connectivity index is 1.65. The first-order valence-electron chi connectivity index (χ1n) is 6.61. The van der Waals surface area contributed by atoms with Gasteiger partial charge in [-0.1, -0.05) is 17.3 Å². The number of ether oxygens (including phenoxy) is 1. The van der Waals surface area contributed by atoms with Crippen LogP contribution in [0, 0.1) is 0 Å². The highest BCUT2D eigenvalue weighted by molar-refractivity contribution is 5.60. The number of benzene rings is 1. The molecule has 1 fully saturated rings. The van der Waals surface area contributed by atoms with Crippen LogP contribution >= 0.6 is 0 Å². The molecule has 5 heteroatoms. The Morgan fingerprint density at radius 1 is 1.37 bits per heavy atom. The van der Waals surface area contributed by atoms with Gasteiger partial charge in [-0.2, -0.15) is 4.98 Å². The van der Waals surface area contributed by atoms with Crippen LogP contribution in [0.5, 0.6) is 0 Å². The van der Waals surface area contributed by atoms with Crippen LogP contribution < -0.4 is 5.73 Å². The van der Waals surface area contributed by atoms with Gasteiger partial charge in [0, 0.05) is 24.3 Å². The zero-order chi connectivity index (χ0) is 13.1. The summed E-state index contributed by atoms with van der Waals surface area (Å²) in [4.78, 5) is 4.39. The van der Waals surface area contributed by atoms with Gasteiger partial charge in [0.1, 0.15) is 0 Å². The average molecular weight is 259 g/mol. The summed E-state index contributed by atoms with van der Waals surface area (Å²) < 4.78 is 10.8. The summed E-state index contributed by atoms with van der Waals surface area (Å²) in [5.74, 6) is 1.25. The molecule has 1 aromatic carbocycles. The summed E-state index contributed by atoms with van der Waals surface area (Å²) in [6.45, 7) is 0.878. The van der Waals surface area contributed by atoms with Crippen molar-refractivity contribution in [2.24, 2.45) is 0 Å². The van der Waals surface area contributed by atoms with Crippen molar-refractivity contribution in [2.75, 3.05) is 12.3 Å². The first kappa shape index (κ1) is 12.2. The van der Waals surface area contributed by atoms with Crippen LogP contribution in [0.1, 0.15) is 25.2 Å². The number of aryl methyl sites for hydroxylation is 1. The van der Waals surface area contributed by atoms with E-state index in [4.69, 9.17) is 15.0 Å². The lowest BCUT2D eigenvalue weighted by atomic mass is 10.1. The molecule has 2 aromatic rings. The summed E-state index contributed by atoms with van der Waals surface area (Å²) in [6.07, 6.45) is 4.35. The molecule has 0 spiro atoms. The van der Waals surface area contributed by atoms with Gasteiger partial charge in [0.25, 0.3) is 0 Å². The molecule has 0 amide bonds. The third kappa shape index (κ3) is 2.93. The number of hydrogen-bond acceptors (Lipinski definition) is 5. The molecule has 1 aliphatic heterocycles. The van der Waals surface area contributed by atoms with Crippen LogP contribution in [0.15, 0.2) is 28.8 Å². The van der Waals surface area contributed by atoms with Crippen molar-refractivity contribution in [1.82, 2.24) is 10.1 Å². The summed E-state index contributed by atoms with van der Waals surface area (Å²) in [7, 11) is 0. The van der Waals surface area contributed by atoms with Gasteiger partial charge < -0.3 is 15.0 Å². The molecule has 2 N–H and O–H groups in total. The second-order valence-electron chi connectivity index (χ2n) is 4.81. The number of nitrogens with zero attached hydrogens (tertiary/aromatic N) is 2. The Kier molecular flexibility index (Phi) is 3.46. The van der Waals surface area contributed by atoms with Crippen LogP contribution in [-0.2, 0) is 11.2 Å². The molecule has 0 aliphatic carbocycles. The molecule has 1 aliphatic rings. The SMILES string of the molecule is Nc1cccc(-c2noc(CCC3CCCO3)n2)c1. The predicted molar refractivity (Wildman–Crippen MR) is 71.4 cm³/mol. The second-order valence-corrected chi connectivity index (χ2v) is 4.81. The third-order valence-electron chi connectivity index (χ3n) is 3.32. The van der Waals surface area contributed by atoms with Crippen LogP contribution in [0.2, 0.25) is 0 Å². The molecule has 1 aromatic heterocycles. The van der Waals surface area contributed by atoms with E-state index in [9.17, 15) is 0 Å². The van der Waals surface area contributed by atoms with Crippen LogP contribution in [0.3, 0.4) is 0 Å². The van der Waals surface area contributed by atoms with Gasteiger partial charge in [0.05, 0.1) is 6.10 Å². The van der Waals surface area contributed by atoms with Crippen molar-refractivity contribution < 1.29 is 9.26 Å². The molecule has 3 rings (SSSR count). The van der Waals surface area contributed by atoms with E-state index in [1.165, 1.54) is 0 Å². The van der Waals surface area contributed by atoms with Crippen LogP contribution in [-0.4, -0.2) is 22.9 Å². The molecule has 0 radical (unpaired) electrons. The molecule has 19 heavy (non-hydrogen) atoms. The summed E-state index contributed by atoms with van der Waals surface area (Å²) in [5.41, 5.74) is 7.32. The summed E-state index contributed by atoms with van der Waals surface area (Å²) in [5, 5.41) is 3.99. The standard InChI is InChI=1S/C14H17N3O2/c15-11-4-1-3-10(9-11)14-16-13(19-17-14)7-6-12-5-2-8-18-12/h1,3-4,9,12H,2,5-8,15H2. The van der Waals surface area contributed by atoms with E-state index < -0.39 is 0 Å². The Labute approximate surface area is 111 Å². The monoisotopic (exact) mass is 259 g/mol. The van der Waals surface area contributed by atoms with Crippen molar-refractivity contribution in [1.29, 1.82) is 0 Å². The number of rotatable bonds is 4. The predicted octanol–water partition coefficient (Wildman–Crippen LogP) is 2.43. The van der Waals surface area contributed by atoms with E-state index in [0.717, 1.165) is 37.9 Å². The van der Waals surface area contributed by atoms with Gasteiger partial charge in [0.15, 0.2) is 0 Å². The lowest BCUT2D eigenvalue weighted by molar-refractivity contribution is 0.102. The van der Waals surface area contributed by atoms with Crippen molar-refractivity contribution in [3.05, 3.63) is 30.2 Å². The van der Waals surface area contributed by atoms with E-state index in [0.29, 0.717) is 23.5 Å². The van der Waals surface area contributed by atoms with Gasteiger partial charge in [0.2, 0.25) is 11.7 Å². The molecular formula is C14H17N3O2. The molecule has 1 unspecified atom stereocenters. The molecule has 0 saturated carbocycles. The minimum atomic E-state index is 0.350. The van der Waals surface area contributed by atoms with Gasteiger partial charge in [-0.05, 0) is 31.4 Å². The molecule has 0 bridgehead atoms. The van der Waals surface area contributed by atoms with E-state index >= 15 is 0 Å². The van der Waals surface area contributed by atoms with E-state index in [1.54, 1.807) is 0 Å². The summed E-state index contributed by atoms with van der Waals surface area (Å²) in [6, 6.07) is 7.48. The summed E-state index contributed by atoms with van der Waals surface area (Å²) >= 11 is 0. The Hall–Kier alpha value is -1.88. The highest BCUT2D eigenvalue weighted by atomic mass is 16.5. The topological polar surface area (TPSA) is 74.2 Å². The fourth-order valence-electron chi connectivity index (χ4n) is 2.31. The van der Waals surface area contributed by atoms with E-state index in [-0.39, 0.29) is 0 Å². The maximum absolute atomic E-state index is 5.74. The number of anilines is 1. The van der Waals surface area contributed by atoms with Gasteiger partial charge in [-0.3, -0.25) is 0 Å². The highest BCUT2D eigenvalue weighted by Gasteiger charge is 2.17. The van der Waals surface area contributed by atoms with Crippen molar-refractivity contribution in [3.8, 4) is 11.4 Å². The van der Waals surface area contributed by atoms with E-state index in [2.05, 4.69) is 10.1 Å². The Bertz CT molecular complexity index is 547. The number of nitrogen functional groups attached to an aromatic ring is 1. The first-order chi connectivity index (χ1) is 9.31. The minimum Gasteiger partial charge on any atom is -0.399 e. The maximum Gasteiger partial charge on any atom is 0.227 e. The van der Waals surface area contributed by atoms with Crippen molar-refractivity contribution in [3.63, 3.8) is 0 Å². The Morgan fingerprint density at radius 3 is 3.11 bits per heavy atom. The third-order valence-corrected chi connectivity index (χ3v) is 3.32. The average Bonchev–Trinajstić information content (AvgIpc) is 3.08. The Morgan fingerprint density at radius 2 is 2.32 bits per heavy atom. The van der Waals surface area contributed by atoms with Crippen molar-refractivity contribution in [2.45, 2.75) is 31.8 Å². The fraction of sp³-hybridized carbons (Fsp3) is 0.429. The molecule has 5 nitrogen and oxygen atoms in total. The minimum absolute atomic E-state index is 0.350. The molecule has 2 heterocycles. The smallest absolute Gasteiger partial charge is 0.227 e.